The van der Waals surface area contributed by atoms with E-state index in [1.165, 1.54) is 0 Å². The normalized spacial score (nSPS) is 20.6. The van der Waals surface area contributed by atoms with Crippen molar-refractivity contribution in [3.63, 3.8) is 0 Å². The Bertz CT molecular complexity index is 425. The van der Waals surface area contributed by atoms with E-state index in [1.54, 1.807) is 11.8 Å². The third-order valence-electron chi connectivity index (χ3n) is 3.01. The highest BCUT2D eigenvalue weighted by Gasteiger charge is 2.26. The molecule has 0 aromatic heterocycles. The van der Waals surface area contributed by atoms with Gasteiger partial charge in [0.25, 0.3) is 0 Å². The second-order valence-corrected chi connectivity index (χ2v) is 5.40. The summed E-state index contributed by atoms with van der Waals surface area (Å²) in [5, 5.41) is 0. The summed E-state index contributed by atoms with van der Waals surface area (Å²) in [5.74, 6) is -0.0135. The number of nitrogens with zero attached hydrogens (tertiary/aromatic N) is 1. The van der Waals surface area contributed by atoms with Crippen molar-refractivity contribution in [3.05, 3.63) is 34.3 Å². The lowest BCUT2D eigenvalue weighted by molar-refractivity contribution is -0.140. The monoisotopic (exact) mass is 348 g/mol. The number of hydrogen-bond donors (Lipinski definition) is 1. The van der Waals surface area contributed by atoms with Crippen molar-refractivity contribution in [1.29, 1.82) is 0 Å². The molecule has 0 spiro atoms. The van der Waals surface area contributed by atoms with Crippen LogP contribution >= 0.6 is 28.3 Å². The lowest BCUT2D eigenvalue weighted by Gasteiger charge is -2.34. The molecule has 0 radical (unpaired) electrons. The van der Waals surface area contributed by atoms with Crippen LogP contribution in [0.3, 0.4) is 0 Å². The summed E-state index contributed by atoms with van der Waals surface area (Å²) >= 11 is 3.40. The minimum atomic E-state index is -0.450. The van der Waals surface area contributed by atoms with Crippen molar-refractivity contribution in [2.75, 3.05) is 19.7 Å². The second-order valence-electron chi connectivity index (χ2n) is 4.48. The highest BCUT2D eigenvalue weighted by molar-refractivity contribution is 9.10. The van der Waals surface area contributed by atoms with Crippen molar-refractivity contribution in [2.45, 2.75) is 19.1 Å². The van der Waals surface area contributed by atoms with Gasteiger partial charge < -0.3 is 15.4 Å². The first-order valence-electron chi connectivity index (χ1n) is 5.99. The standard InChI is InChI=1S/C13H17BrN2O2.ClH/c1-9(15)13(17)16-6-7-18-12(8-16)10-2-4-11(14)5-3-10;/h2-5,9,12H,6-8,15H2,1H3;1H/t9-,12?;/m0./s1. The van der Waals surface area contributed by atoms with Crippen LogP contribution in [0.25, 0.3) is 0 Å². The average molecular weight is 350 g/mol. The molecule has 4 nitrogen and oxygen atoms in total. The lowest BCUT2D eigenvalue weighted by atomic mass is 10.1. The highest BCUT2D eigenvalue weighted by Crippen LogP contribution is 2.24. The number of morpholine rings is 1. The zero-order valence-electron chi connectivity index (χ0n) is 10.7. The fourth-order valence-corrected chi connectivity index (χ4v) is 2.28. The Hall–Kier alpha value is -0.620. The molecule has 6 heteroatoms. The summed E-state index contributed by atoms with van der Waals surface area (Å²) in [5.41, 5.74) is 6.72. The number of carbonyl (C=O) groups is 1. The Balaban J connectivity index is 0.00000180. The molecule has 1 amide bonds. The number of carbonyl (C=O) groups excluding carboxylic acids is 1. The summed E-state index contributed by atoms with van der Waals surface area (Å²) in [6.07, 6.45) is -0.0606. The van der Waals surface area contributed by atoms with E-state index in [0.29, 0.717) is 19.7 Å². The minimum absolute atomic E-state index is 0. The fraction of sp³-hybridized carbons (Fsp3) is 0.462. The molecule has 1 heterocycles. The molecule has 1 aromatic carbocycles. The Morgan fingerprint density at radius 2 is 2.11 bits per heavy atom. The van der Waals surface area contributed by atoms with Gasteiger partial charge in [0, 0.05) is 11.0 Å². The van der Waals surface area contributed by atoms with Crippen LogP contribution in [0.15, 0.2) is 28.7 Å². The molecule has 1 saturated heterocycles. The molecule has 1 aromatic rings. The molecule has 2 atom stereocenters. The van der Waals surface area contributed by atoms with E-state index in [-0.39, 0.29) is 24.4 Å². The molecule has 1 aliphatic rings. The van der Waals surface area contributed by atoms with E-state index >= 15 is 0 Å². The van der Waals surface area contributed by atoms with Crippen LogP contribution in [0.2, 0.25) is 0 Å². The second kappa shape index (κ2) is 7.24. The molecule has 2 rings (SSSR count). The van der Waals surface area contributed by atoms with Crippen LogP contribution < -0.4 is 5.73 Å². The van der Waals surface area contributed by atoms with Crippen LogP contribution in [0.1, 0.15) is 18.6 Å². The topological polar surface area (TPSA) is 55.6 Å². The molecule has 19 heavy (non-hydrogen) atoms. The number of nitrogens with two attached hydrogens (primary N) is 1. The van der Waals surface area contributed by atoms with Gasteiger partial charge >= 0.3 is 0 Å². The van der Waals surface area contributed by atoms with Gasteiger partial charge in [-0.25, -0.2) is 0 Å². The number of amides is 1. The number of hydrogen-bond acceptors (Lipinski definition) is 3. The lowest BCUT2D eigenvalue weighted by Crippen LogP contribution is -2.48. The van der Waals surface area contributed by atoms with Gasteiger partial charge in [-0.05, 0) is 24.6 Å². The first-order valence-corrected chi connectivity index (χ1v) is 6.78. The summed E-state index contributed by atoms with van der Waals surface area (Å²) in [6.45, 7) is 3.46. The molecular weight excluding hydrogens is 332 g/mol. The van der Waals surface area contributed by atoms with Crippen LogP contribution in [-0.4, -0.2) is 36.5 Å². The van der Waals surface area contributed by atoms with Gasteiger partial charge in [0.1, 0.15) is 6.10 Å². The van der Waals surface area contributed by atoms with Crippen molar-refractivity contribution in [3.8, 4) is 0 Å². The molecule has 0 aliphatic carbocycles. The zero-order valence-corrected chi connectivity index (χ0v) is 13.1. The van der Waals surface area contributed by atoms with Crippen LogP contribution in [0.4, 0.5) is 0 Å². The minimum Gasteiger partial charge on any atom is -0.370 e. The number of benzene rings is 1. The Labute approximate surface area is 127 Å². The van der Waals surface area contributed by atoms with E-state index in [4.69, 9.17) is 10.5 Å². The molecule has 1 fully saturated rings. The van der Waals surface area contributed by atoms with Crippen LogP contribution in [0, 0.1) is 0 Å². The third-order valence-corrected chi connectivity index (χ3v) is 3.54. The van der Waals surface area contributed by atoms with Gasteiger partial charge in [0.05, 0.1) is 19.2 Å². The maximum Gasteiger partial charge on any atom is 0.239 e. The number of rotatable bonds is 2. The van der Waals surface area contributed by atoms with Crippen molar-refractivity contribution < 1.29 is 9.53 Å². The molecule has 0 saturated carbocycles. The summed E-state index contributed by atoms with van der Waals surface area (Å²) in [6, 6.07) is 7.52. The summed E-state index contributed by atoms with van der Waals surface area (Å²) in [7, 11) is 0. The van der Waals surface area contributed by atoms with Gasteiger partial charge in [0.2, 0.25) is 5.91 Å². The molecular formula is C13H18BrClN2O2. The Morgan fingerprint density at radius 3 is 2.68 bits per heavy atom. The zero-order chi connectivity index (χ0) is 13.1. The van der Waals surface area contributed by atoms with Gasteiger partial charge in [-0.1, -0.05) is 28.1 Å². The van der Waals surface area contributed by atoms with Crippen LogP contribution in [0.5, 0.6) is 0 Å². The van der Waals surface area contributed by atoms with Crippen molar-refractivity contribution in [1.82, 2.24) is 4.90 Å². The van der Waals surface area contributed by atoms with Crippen LogP contribution in [-0.2, 0) is 9.53 Å². The van der Waals surface area contributed by atoms with E-state index in [0.717, 1.165) is 10.0 Å². The first-order chi connectivity index (χ1) is 8.58. The largest absolute Gasteiger partial charge is 0.370 e. The maximum atomic E-state index is 11.9. The molecule has 1 unspecified atom stereocenters. The predicted molar refractivity (Wildman–Crippen MR) is 80.3 cm³/mol. The average Bonchev–Trinajstić information content (AvgIpc) is 2.38. The summed E-state index contributed by atoms with van der Waals surface area (Å²) < 4.78 is 6.75. The van der Waals surface area contributed by atoms with E-state index in [1.807, 2.05) is 24.3 Å². The molecule has 0 bridgehead atoms. The molecule has 1 aliphatic heterocycles. The molecule has 2 N–H and O–H groups in total. The van der Waals surface area contributed by atoms with E-state index < -0.39 is 6.04 Å². The smallest absolute Gasteiger partial charge is 0.239 e. The van der Waals surface area contributed by atoms with E-state index in [9.17, 15) is 4.79 Å². The maximum absolute atomic E-state index is 11.9. The quantitative estimate of drug-likeness (QED) is 0.890. The SMILES string of the molecule is C[C@H](N)C(=O)N1CCOC(c2ccc(Br)cc2)C1.Cl. The van der Waals surface area contributed by atoms with Gasteiger partial charge in [-0.3, -0.25) is 4.79 Å². The number of ether oxygens (including phenoxy) is 1. The third kappa shape index (κ3) is 4.18. The predicted octanol–water partition coefficient (Wildman–Crippen LogP) is 2.12. The molecule has 106 valence electrons. The number of halogens is 2. The van der Waals surface area contributed by atoms with Crippen molar-refractivity contribution >= 4 is 34.2 Å². The Kier molecular flexibility index (Phi) is 6.26. The fourth-order valence-electron chi connectivity index (χ4n) is 2.02. The Morgan fingerprint density at radius 1 is 1.47 bits per heavy atom. The first kappa shape index (κ1) is 16.4. The van der Waals surface area contributed by atoms with Crippen molar-refractivity contribution in [2.24, 2.45) is 5.73 Å². The van der Waals surface area contributed by atoms with Gasteiger partial charge in [0.15, 0.2) is 0 Å². The highest BCUT2D eigenvalue weighted by atomic mass is 79.9. The summed E-state index contributed by atoms with van der Waals surface area (Å²) in [4.78, 5) is 13.6. The van der Waals surface area contributed by atoms with E-state index in [2.05, 4.69) is 15.9 Å². The van der Waals surface area contributed by atoms with Gasteiger partial charge in [-0.2, -0.15) is 0 Å². The van der Waals surface area contributed by atoms with Gasteiger partial charge in [-0.15, -0.1) is 12.4 Å².